The fourth-order valence-corrected chi connectivity index (χ4v) is 1.35. The number of aliphatic hydroxyl groups excluding tert-OH is 1. The van der Waals surface area contributed by atoms with E-state index >= 15 is 0 Å². The number of aryl methyl sites for hydroxylation is 1. The van der Waals surface area contributed by atoms with Crippen LogP contribution >= 0.6 is 0 Å². The fourth-order valence-electron chi connectivity index (χ4n) is 1.35. The number of aliphatic hydroxyl groups is 1. The second kappa shape index (κ2) is 8.31. The van der Waals surface area contributed by atoms with Gasteiger partial charge in [0.25, 0.3) is 0 Å². The maximum atomic E-state index is 9.20. The second-order valence-corrected chi connectivity index (χ2v) is 3.95. The lowest BCUT2D eigenvalue weighted by Gasteiger charge is -2.26. The Hall–Kier alpha value is -0.860. The van der Waals surface area contributed by atoms with Crippen molar-refractivity contribution >= 4 is 0 Å². The third-order valence-corrected chi connectivity index (χ3v) is 2.76. The Morgan fingerprint density at radius 1 is 1.19 bits per heavy atom. The maximum absolute atomic E-state index is 9.20. The van der Waals surface area contributed by atoms with Gasteiger partial charge in [0, 0.05) is 5.54 Å². The molecule has 2 N–H and O–H groups in total. The summed E-state index contributed by atoms with van der Waals surface area (Å²) in [5, 5.41) is 12.3. The van der Waals surface area contributed by atoms with Gasteiger partial charge < -0.3 is 10.4 Å². The van der Waals surface area contributed by atoms with Gasteiger partial charge in [-0.05, 0) is 32.4 Å². The Morgan fingerprint density at radius 3 is 2.19 bits per heavy atom. The summed E-state index contributed by atoms with van der Waals surface area (Å²) in [6.07, 6.45) is 1.95. The SMILES string of the molecule is CC.CNC(C)(CO)CCc1ccccc1. The van der Waals surface area contributed by atoms with E-state index in [2.05, 4.69) is 17.4 Å². The number of nitrogens with one attached hydrogen (secondary N) is 1. The highest BCUT2D eigenvalue weighted by molar-refractivity contribution is 5.15. The van der Waals surface area contributed by atoms with Gasteiger partial charge in [-0.15, -0.1) is 0 Å². The topological polar surface area (TPSA) is 32.3 Å². The van der Waals surface area contributed by atoms with Crippen LogP contribution in [0.4, 0.5) is 0 Å². The Bertz CT molecular complexity index is 255. The summed E-state index contributed by atoms with van der Waals surface area (Å²) in [7, 11) is 1.89. The van der Waals surface area contributed by atoms with Gasteiger partial charge in [-0.3, -0.25) is 0 Å². The highest BCUT2D eigenvalue weighted by Crippen LogP contribution is 2.12. The number of rotatable bonds is 5. The molecular formula is C14H25NO. The molecule has 1 aromatic rings. The van der Waals surface area contributed by atoms with Crippen LogP contribution in [0, 0.1) is 0 Å². The number of benzene rings is 1. The van der Waals surface area contributed by atoms with Crippen molar-refractivity contribution in [3.05, 3.63) is 35.9 Å². The van der Waals surface area contributed by atoms with E-state index in [0.29, 0.717) is 0 Å². The van der Waals surface area contributed by atoms with Crippen molar-refractivity contribution < 1.29 is 5.11 Å². The van der Waals surface area contributed by atoms with Crippen LogP contribution in [0.15, 0.2) is 30.3 Å². The molecule has 2 heteroatoms. The van der Waals surface area contributed by atoms with Crippen LogP contribution in [0.2, 0.25) is 0 Å². The number of hydrogen-bond donors (Lipinski definition) is 2. The van der Waals surface area contributed by atoms with Gasteiger partial charge in [-0.25, -0.2) is 0 Å². The summed E-state index contributed by atoms with van der Waals surface area (Å²) in [5.41, 5.74) is 1.16. The van der Waals surface area contributed by atoms with Crippen molar-refractivity contribution in [3.63, 3.8) is 0 Å². The standard InChI is InChI=1S/C12H19NO.C2H6/c1-12(10-14,13-2)9-8-11-6-4-3-5-7-11;1-2/h3-7,13-14H,8-10H2,1-2H3;1-2H3. The Balaban J connectivity index is 0.00000106. The van der Waals surface area contributed by atoms with Gasteiger partial charge in [0.2, 0.25) is 0 Å². The first kappa shape index (κ1) is 15.1. The molecule has 0 bridgehead atoms. The van der Waals surface area contributed by atoms with Crippen LogP contribution < -0.4 is 5.32 Å². The lowest BCUT2D eigenvalue weighted by atomic mass is 9.94. The van der Waals surface area contributed by atoms with E-state index in [1.807, 2.05) is 46.0 Å². The average molecular weight is 223 g/mol. The fraction of sp³-hybridized carbons (Fsp3) is 0.571. The van der Waals surface area contributed by atoms with Crippen molar-refractivity contribution in [3.8, 4) is 0 Å². The van der Waals surface area contributed by atoms with Gasteiger partial charge in [0.1, 0.15) is 0 Å². The molecule has 0 spiro atoms. The van der Waals surface area contributed by atoms with Crippen molar-refractivity contribution in [2.45, 2.75) is 39.2 Å². The van der Waals surface area contributed by atoms with Crippen LogP contribution in [0.1, 0.15) is 32.8 Å². The highest BCUT2D eigenvalue weighted by Gasteiger charge is 2.19. The van der Waals surface area contributed by atoms with Crippen molar-refractivity contribution in [1.29, 1.82) is 0 Å². The van der Waals surface area contributed by atoms with Crippen molar-refractivity contribution in [1.82, 2.24) is 5.32 Å². The quantitative estimate of drug-likeness (QED) is 0.804. The zero-order valence-corrected chi connectivity index (χ0v) is 11.0. The first-order valence-electron chi connectivity index (χ1n) is 6.04. The smallest absolute Gasteiger partial charge is 0.0610 e. The first-order valence-corrected chi connectivity index (χ1v) is 6.04. The minimum absolute atomic E-state index is 0.157. The van der Waals surface area contributed by atoms with E-state index in [4.69, 9.17) is 0 Å². The molecule has 0 aliphatic rings. The van der Waals surface area contributed by atoms with E-state index in [0.717, 1.165) is 12.8 Å². The van der Waals surface area contributed by atoms with Gasteiger partial charge >= 0.3 is 0 Å². The molecule has 0 amide bonds. The molecule has 1 atom stereocenters. The molecule has 0 aliphatic carbocycles. The molecule has 0 aromatic heterocycles. The normalized spacial score (nSPS) is 13.6. The Labute approximate surface area is 99.7 Å². The molecule has 0 heterocycles. The number of hydrogen-bond acceptors (Lipinski definition) is 2. The summed E-state index contributed by atoms with van der Waals surface area (Å²) in [5.74, 6) is 0. The maximum Gasteiger partial charge on any atom is 0.0610 e. The molecule has 1 unspecified atom stereocenters. The highest BCUT2D eigenvalue weighted by atomic mass is 16.3. The minimum atomic E-state index is -0.157. The van der Waals surface area contributed by atoms with Gasteiger partial charge in [0.05, 0.1) is 6.61 Å². The van der Waals surface area contributed by atoms with E-state index in [9.17, 15) is 5.11 Å². The van der Waals surface area contributed by atoms with Crippen molar-refractivity contribution in [2.24, 2.45) is 0 Å². The zero-order valence-electron chi connectivity index (χ0n) is 11.0. The molecule has 16 heavy (non-hydrogen) atoms. The van der Waals surface area contributed by atoms with E-state index < -0.39 is 0 Å². The molecule has 2 nitrogen and oxygen atoms in total. The monoisotopic (exact) mass is 223 g/mol. The third-order valence-electron chi connectivity index (χ3n) is 2.76. The van der Waals surface area contributed by atoms with E-state index in [1.54, 1.807) is 0 Å². The van der Waals surface area contributed by atoms with Crippen molar-refractivity contribution in [2.75, 3.05) is 13.7 Å². The average Bonchev–Trinajstić information content (AvgIpc) is 2.39. The van der Waals surface area contributed by atoms with Crippen LogP contribution in [0.25, 0.3) is 0 Å². The molecule has 0 radical (unpaired) electrons. The summed E-state index contributed by atoms with van der Waals surface area (Å²) in [6, 6.07) is 10.4. The summed E-state index contributed by atoms with van der Waals surface area (Å²) in [4.78, 5) is 0. The molecule has 1 rings (SSSR count). The van der Waals surface area contributed by atoms with Gasteiger partial charge in [0.15, 0.2) is 0 Å². The summed E-state index contributed by atoms with van der Waals surface area (Å²) in [6.45, 7) is 6.21. The summed E-state index contributed by atoms with van der Waals surface area (Å²) < 4.78 is 0. The largest absolute Gasteiger partial charge is 0.394 e. The molecule has 1 aromatic carbocycles. The molecule has 92 valence electrons. The summed E-state index contributed by atoms with van der Waals surface area (Å²) >= 11 is 0. The van der Waals surface area contributed by atoms with Gasteiger partial charge in [-0.2, -0.15) is 0 Å². The Kier molecular flexibility index (Phi) is 7.86. The number of likely N-dealkylation sites (N-methyl/N-ethyl adjacent to an activating group) is 1. The minimum Gasteiger partial charge on any atom is -0.394 e. The lowest BCUT2D eigenvalue weighted by molar-refractivity contribution is 0.174. The van der Waals surface area contributed by atoms with Crippen LogP contribution in [-0.2, 0) is 6.42 Å². The zero-order chi connectivity index (χ0) is 12.4. The lowest BCUT2D eigenvalue weighted by Crippen LogP contribution is -2.43. The van der Waals surface area contributed by atoms with Crippen LogP contribution in [0.3, 0.4) is 0 Å². The Morgan fingerprint density at radius 2 is 1.75 bits per heavy atom. The van der Waals surface area contributed by atoms with Crippen LogP contribution in [0.5, 0.6) is 0 Å². The van der Waals surface area contributed by atoms with Gasteiger partial charge in [-0.1, -0.05) is 44.2 Å². The van der Waals surface area contributed by atoms with E-state index in [1.165, 1.54) is 5.56 Å². The molecule has 0 fully saturated rings. The first-order chi connectivity index (χ1) is 7.70. The van der Waals surface area contributed by atoms with Crippen LogP contribution in [-0.4, -0.2) is 24.3 Å². The predicted molar refractivity (Wildman–Crippen MR) is 70.7 cm³/mol. The molecule has 0 aliphatic heterocycles. The third kappa shape index (κ3) is 5.29. The predicted octanol–water partition coefficient (Wildman–Crippen LogP) is 2.62. The molecule has 0 saturated carbocycles. The molecule has 0 saturated heterocycles. The molecular weight excluding hydrogens is 198 g/mol. The van der Waals surface area contributed by atoms with E-state index in [-0.39, 0.29) is 12.1 Å². The second-order valence-electron chi connectivity index (χ2n) is 3.95.